The van der Waals surface area contributed by atoms with Gasteiger partial charge in [-0.1, -0.05) is 0 Å². The van der Waals surface area contributed by atoms with Gasteiger partial charge in [-0.2, -0.15) is 0 Å². The lowest BCUT2D eigenvalue weighted by molar-refractivity contribution is -0.172. The zero-order valence-corrected chi connectivity index (χ0v) is 7.28. The van der Waals surface area contributed by atoms with Crippen molar-refractivity contribution in [2.75, 3.05) is 19.7 Å². The third-order valence-corrected chi connectivity index (χ3v) is 2.33. The van der Waals surface area contributed by atoms with Gasteiger partial charge in [0.2, 0.25) is 5.91 Å². The molecule has 2 saturated heterocycles. The van der Waals surface area contributed by atoms with E-state index in [1.54, 1.807) is 0 Å². The number of amides is 2. The fourth-order valence-electron chi connectivity index (χ4n) is 1.60. The summed E-state index contributed by atoms with van der Waals surface area (Å²) in [5, 5.41) is 4.01. The van der Waals surface area contributed by atoms with E-state index in [9.17, 15) is 9.59 Å². The molecule has 5 nitrogen and oxygen atoms in total. The van der Waals surface area contributed by atoms with Gasteiger partial charge in [-0.05, 0) is 6.42 Å². The van der Waals surface area contributed by atoms with Gasteiger partial charge in [-0.3, -0.25) is 14.4 Å². The normalized spacial score (nSPS) is 27.8. The molecule has 2 aliphatic heterocycles. The first-order valence-electron chi connectivity index (χ1n) is 4.48. The van der Waals surface area contributed by atoms with Crippen molar-refractivity contribution in [1.29, 1.82) is 0 Å². The molecule has 72 valence electrons. The highest BCUT2D eigenvalue weighted by molar-refractivity contribution is 5.88. The highest BCUT2D eigenvalue weighted by Crippen LogP contribution is 2.15. The van der Waals surface area contributed by atoms with Crippen LogP contribution in [0.25, 0.3) is 0 Å². The van der Waals surface area contributed by atoms with Crippen molar-refractivity contribution in [1.82, 2.24) is 10.4 Å². The first kappa shape index (κ1) is 8.50. The van der Waals surface area contributed by atoms with Gasteiger partial charge in [-0.15, -0.1) is 0 Å². The summed E-state index contributed by atoms with van der Waals surface area (Å²) in [6.45, 7) is 1.72. The molecular formula is C8H12N2O3. The number of carbonyl (C=O) groups excluding carboxylic acids is 2. The van der Waals surface area contributed by atoms with E-state index >= 15 is 0 Å². The Balaban J connectivity index is 1.92. The van der Waals surface area contributed by atoms with Crippen molar-refractivity contribution >= 4 is 11.8 Å². The molecule has 0 aliphatic carbocycles. The van der Waals surface area contributed by atoms with Gasteiger partial charge in [0.1, 0.15) is 0 Å². The Bertz CT molecular complexity index is 236. The zero-order valence-electron chi connectivity index (χ0n) is 7.28. The van der Waals surface area contributed by atoms with Crippen LogP contribution in [0, 0.1) is 5.92 Å². The van der Waals surface area contributed by atoms with Crippen molar-refractivity contribution in [2.45, 2.75) is 12.8 Å². The van der Waals surface area contributed by atoms with Crippen molar-refractivity contribution < 1.29 is 14.4 Å². The first-order valence-corrected chi connectivity index (χ1v) is 4.48. The maximum absolute atomic E-state index is 11.6. The Hall–Kier alpha value is -1.10. The molecule has 0 aromatic rings. The SMILES string of the molecule is O=C1CC(C(=O)N2CCCO2)CN1. The second-order valence-electron chi connectivity index (χ2n) is 3.33. The highest BCUT2D eigenvalue weighted by Gasteiger charge is 2.33. The number of hydrogen-bond donors (Lipinski definition) is 1. The monoisotopic (exact) mass is 184 g/mol. The molecular weight excluding hydrogens is 172 g/mol. The molecule has 5 heteroatoms. The smallest absolute Gasteiger partial charge is 0.251 e. The third kappa shape index (κ3) is 1.65. The largest absolute Gasteiger partial charge is 0.355 e. The maximum Gasteiger partial charge on any atom is 0.251 e. The molecule has 0 aromatic heterocycles. The summed E-state index contributed by atoms with van der Waals surface area (Å²) in [6, 6.07) is 0. The van der Waals surface area contributed by atoms with Gasteiger partial charge in [0, 0.05) is 13.0 Å². The highest BCUT2D eigenvalue weighted by atomic mass is 16.7. The Kier molecular flexibility index (Phi) is 2.18. The Morgan fingerprint density at radius 1 is 1.62 bits per heavy atom. The van der Waals surface area contributed by atoms with Gasteiger partial charge in [0.15, 0.2) is 0 Å². The lowest BCUT2D eigenvalue weighted by Crippen LogP contribution is -2.33. The lowest BCUT2D eigenvalue weighted by Gasteiger charge is -2.16. The predicted molar refractivity (Wildman–Crippen MR) is 43.4 cm³/mol. The number of carbonyl (C=O) groups is 2. The van der Waals surface area contributed by atoms with Crippen LogP contribution in [-0.2, 0) is 14.4 Å². The number of hydroxylamine groups is 2. The summed E-state index contributed by atoms with van der Waals surface area (Å²) in [5.74, 6) is -0.320. The lowest BCUT2D eigenvalue weighted by atomic mass is 10.1. The van der Waals surface area contributed by atoms with Crippen molar-refractivity contribution in [3.05, 3.63) is 0 Å². The van der Waals surface area contributed by atoms with Crippen molar-refractivity contribution in [3.63, 3.8) is 0 Å². The molecule has 0 aromatic carbocycles. The summed E-state index contributed by atoms with van der Waals surface area (Å²) in [4.78, 5) is 27.6. The average Bonchev–Trinajstić information content (AvgIpc) is 2.72. The maximum atomic E-state index is 11.6. The van der Waals surface area contributed by atoms with E-state index in [-0.39, 0.29) is 17.7 Å². The van der Waals surface area contributed by atoms with Crippen LogP contribution in [0.2, 0.25) is 0 Å². The van der Waals surface area contributed by atoms with Crippen LogP contribution in [0.4, 0.5) is 0 Å². The minimum absolute atomic E-state index is 0.0439. The number of nitrogens with one attached hydrogen (secondary N) is 1. The second kappa shape index (κ2) is 3.33. The van der Waals surface area contributed by atoms with Crippen LogP contribution >= 0.6 is 0 Å². The molecule has 1 N–H and O–H groups in total. The molecule has 0 bridgehead atoms. The van der Waals surface area contributed by atoms with Crippen LogP contribution < -0.4 is 5.32 Å². The fraction of sp³-hybridized carbons (Fsp3) is 0.750. The molecule has 13 heavy (non-hydrogen) atoms. The van der Waals surface area contributed by atoms with E-state index in [4.69, 9.17) is 4.84 Å². The van der Waals surface area contributed by atoms with Crippen LogP contribution in [0.5, 0.6) is 0 Å². The molecule has 1 atom stereocenters. The Morgan fingerprint density at radius 3 is 3.00 bits per heavy atom. The third-order valence-electron chi connectivity index (χ3n) is 2.33. The molecule has 0 spiro atoms. The van der Waals surface area contributed by atoms with Gasteiger partial charge in [0.05, 0.1) is 19.1 Å². The van der Waals surface area contributed by atoms with E-state index in [1.165, 1.54) is 5.06 Å². The molecule has 0 saturated carbocycles. The summed E-state index contributed by atoms with van der Waals surface area (Å²) >= 11 is 0. The molecule has 2 amide bonds. The summed E-state index contributed by atoms with van der Waals surface area (Å²) in [6.07, 6.45) is 1.19. The summed E-state index contributed by atoms with van der Waals surface area (Å²) < 4.78 is 0. The zero-order chi connectivity index (χ0) is 9.26. The molecule has 2 heterocycles. The standard InChI is InChI=1S/C8H12N2O3/c11-7-4-6(5-9-7)8(12)10-2-1-3-13-10/h6H,1-5H2,(H,9,11). The van der Waals surface area contributed by atoms with Gasteiger partial charge in [0.25, 0.3) is 5.91 Å². The predicted octanol–water partition coefficient (Wildman–Crippen LogP) is -0.714. The molecule has 1 unspecified atom stereocenters. The van der Waals surface area contributed by atoms with Gasteiger partial charge < -0.3 is 5.32 Å². The molecule has 0 radical (unpaired) electrons. The Labute approximate surface area is 76.0 Å². The number of rotatable bonds is 1. The number of hydrogen-bond acceptors (Lipinski definition) is 3. The van der Waals surface area contributed by atoms with E-state index in [2.05, 4.69) is 5.32 Å². The van der Waals surface area contributed by atoms with Crippen LogP contribution in [0.15, 0.2) is 0 Å². The van der Waals surface area contributed by atoms with Crippen molar-refractivity contribution in [3.8, 4) is 0 Å². The first-order chi connectivity index (χ1) is 6.27. The van der Waals surface area contributed by atoms with E-state index in [0.29, 0.717) is 26.1 Å². The summed E-state index contributed by atoms with van der Waals surface area (Å²) in [5.41, 5.74) is 0. The topological polar surface area (TPSA) is 58.6 Å². The molecule has 2 fully saturated rings. The van der Waals surface area contributed by atoms with Crippen LogP contribution in [-0.4, -0.2) is 36.6 Å². The Morgan fingerprint density at radius 2 is 2.46 bits per heavy atom. The molecule has 2 aliphatic rings. The van der Waals surface area contributed by atoms with Crippen LogP contribution in [0.3, 0.4) is 0 Å². The van der Waals surface area contributed by atoms with E-state index in [0.717, 1.165) is 6.42 Å². The fourth-order valence-corrected chi connectivity index (χ4v) is 1.60. The summed E-state index contributed by atoms with van der Waals surface area (Å²) in [7, 11) is 0. The van der Waals surface area contributed by atoms with Gasteiger partial charge >= 0.3 is 0 Å². The van der Waals surface area contributed by atoms with E-state index < -0.39 is 0 Å². The average molecular weight is 184 g/mol. The number of nitrogens with zero attached hydrogens (tertiary/aromatic N) is 1. The second-order valence-corrected chi connectivity index (χ2v) is 3.33. The molecule has 2 rings (SSSR count). The minimum Gasteiger partial charge on any atom is -0.355 e. The van der Waals surface area contributed by atoms with Crippen LogP contribution in [0.1, 0.15) is 12.8 Å². The van der Waals surface area contributed by atoms with Gasteiger partial charge in [-0.25, -0.2) is 5.06 Å². The quantitative estimate of drug-likeness (QED) is 0.585. The van der Waals surface area contributed by atoms with Crippen molar-refractivity contribution in [2.24, 2.45) is 5.92 Å². The van der Waals surface area contributed by atoms with E-state index in [1.807, 2.05) is 0 Å². The minimum atomic E-state index is -0.217.